The van der Waals surface area contributed by atoms with E-state index in [2.05, 4.69) is 15.4 Å². The summed E-state index contributed by atoms with van der Waals surface area (Å²) < 4.78 is 15.3. The smallest absolute Gasteiger partial charge is 0.262 e. The van der Waals surface area contributed by atoms with E-state index in [-0.39, 0.29) is 5.56 Å². The van der Waals surface area contributed by atoms with Crippen molar-refractivity contribution in [1.82, 2.24) is 14.8 Å². The van der Waals surface area contributed by atoms with Crippen molar-refractivity contribution in [2.45, 2.75) is 6.54 Å². The number of aromatic nitrogens is 3. The number of hydrogen-bond acceptors (Lipinski definition) is 4. The predicted molar refractivity (Wildman–Crippen MR) is 81.6 cm³/mol. The lowest BCUT2D eigenvalue weighted by atomic mass is 10.1. The van der Waals surface area contributed by atoms with Gasteiger partial charge in [0.05, 0.1) is 6.54 Å². The predicted octanol–water partition coefficient (Wildman–Crippen LogP) is 2.42. The molecule has 0 radical (unpaired) electrons. The summed E-state index contributed by atoms with van der Waals surface area (Å²) in [6, 6.07) is 10.7. The van der Waals surface area contributed by atoms with Crippen LogP contribution >= 0.6 is 0 Å². The molecule has 0 unspecified atom stereocenters. The number of rotatable bonds is 4. The first-order valence-electron chi connectivity index (χ1n) is 6.83. The minimum absolute atomic E-state index is 0.376. The summed E-state index contributed by atoms with van der Waals surface area (Å²) >= 11 is 0. The number of anilines is 1. The van der Waals surface area contributed by atoms with Crippen LogP contribution in [0.1, 0.15) is 15.9 Å². The molecule has 3 rings (SSSR count). The Morgan fingerprint density at radius 3 is 2.65 bits per heavy atom. The molecule has 1 aromatic heterocycles. The molecule has 7 heteroatoms. The maximum atomic E-state index is 13.6. The third kappa shape index (κ3) is 3.34. The van der Waals surface area contributed by atoms with Gasteiger partial charge in [-0.2, -0.15) is 5.10 Å². The summed E-state index contributed by atoms with van der Waals surface area (Å²) in [5.74, 6) is -1.87. The molecule has 0 aliphatic carbocycles. The van der Waals surface area contributed by atoms with Gasteiger partial charge in [-0.05, 0) is 29.8 Å². The molecule has 0 saturated carbocycles. The summed E-state index contributed by atoms with van der Waals surface area (Å²) in [6.45, 7) is 0.558. The maximum absolute atomic E-state index is 13.6. The molecule has 116 valence electrons. The first-order valence-corrected chi connectivity index (χ1v) is 6.83. The minimum atomic E-state index is -0.773. The Labute approximate surface area is 131 Å². The summed E-state index contributed by atoms with van der Waals surface area (Å²) in [5.41, 5.74) is 1.10. The van der Waals surface area contributed by atoms with E-state index in [4.69, 9.17) is 0 Å². The van der Waals surface area contributed by atoms with E-state index in [1.54, 1.807) is 23.1 Å². The molecule has 0 spiro atoms. The zero-order valence-corrected chi connectivity index (χ0v) is 12.0. The van der Waals surface area contributed by atoms with E-state index in [0.29, 0.717) is 12.2 Å². The molecule has 0 saturated heterocycles. The number of halogens is 1. The molecule has 1 amide bonds. The highest BCUT2D eigenvalue weighted by Gasteiger charge is 2.16. The summed E-state index contributed by atoms with van der Waals surface area (Å²) in [4.78, 5) is 15.9. The van der Waals surface area contributed by atoms with Gasteiger partial charge in [-0.1, -0.05) is 18.2 Å². The van der Waals surface area contributed by atoms with Gasteiger partial charge in [0.15, 0.2) is 0 Å². The van der Waals surface area contributed by atoms with Crippen molar-refractivity contribution in [1.29, 1.82) is 0 Å². The van der Waals surface area contributed by atoms with Gasteiger partial charge < -0.3 is 10.4 Å². The fraction of sp³-hybridized carbons (Fsp3) is 0.0625. The fourth-order valence-corrected chi connectivity index (χ4v) is 2.13. The zero-order valence-electron chi connectivity index (χ0n) is 12.0. The van der Waals surface area contributed by atoms with Crippen molar-refractivity contribution in [3.05, 3.63) is 72.1 Å². The largest absolute Gasteiger partial charge is 0.507 e. The Balaban J connectivity index is 1.72. The molecule has 0 atom stereocenters. The number of aromatic hydroxyl groups is 1. The van der Waals surface area contributed by atoms with Gasteiger partial charge in [0, 0.05) is 5.69 Å². The number of hydrogen-bond donors (Lipinski definition) is 2. The van der Waals surface area contributed by atoms with E-state index < -0.39 is 17.5 Å². The Hall–Kier alpha value is -3.22. The average Bonchev–Trinajstić information content (AvgIpc) is 3.02. The quantitative estimate of drug-likeness (QED) is 0.775. The number of nitrogens with zero attached hydrogens (tertiary/aromatic N) is 3. The molecule has 0 aliphatic rings. The lowest BCUT2D eigenvalue weighted by molar-refractivity contribution is 0.102. The van der Waals surface area contributed by atoms with Crippen molar-refractivity contribution in [2.75, 3.05) is 5.32 Å². The first-order chi connectivity index (χ1) is 11.1. The molecular weight excluding hydrogens is 299 g/mol. The molecular formula is C16H13FN4O2. The number of benzene rings is 2. The van der Waals surface area contributed by atoms with Crippen LogP contribution in [0.5, 0.6) is 5.75 Å². The van der Waals surface area contributed by atoms with Crippen LogP contribution in [0.15, 0.2) is 55.1 Å². The lowest BCUT2D eigenvalue weighted by Gasteiger charge is -2.08. The molecule has 3 aromatic rings. The standard InChI is InChI=1S/C16H13FN4O2/c17-13-2-1-3-14(22)15(13)16(23)20-12-6-4-11(5-7-12)8-21-10-18-9-19-21/h1-7,9-10,22H,8H2,(H,20,23). The second-order valence-corrected chi connectivity index (χ2v) is 4.88. The van der Waals surface area contributed by atoms with Crippen LogP contribution in [-0.2, 0) is 6.54 Å². The van der Waals surface area contributed by atoms with Gasteiger partial charge in [0.2, 0.25) is 0 Å². The van der Waals surface area contributed by atoms with Gasteiger partial charge in [-0.3, -0.25) is 4.79 Å². The Kier molecular flexibility index (Phi) is 4.01. The summed E-state index contributed by atoms with van der Waals surface area (Å²) in [5, 5.41) is 16.2. The van der Waals surface area contributed by atoms with Crippen LogP contribution in [-0.4, -0.2) is 25.8 Å². The van der Waals surface area contributed by atoms with Crippen LogP contribution in [0.2, 0.25) is 0 Å². The Morgan fingerprint density at radius 2 is 2.00 bits per heavy atom. The van der Waals surface area contributed by atoms with E-state index in [1.165, 1.54) is 18.5 Å². The number of amides is 1. The van der Waals surface area contributed by atoms with Crippen molar-refractivity contribution in [3.63, 3.8) is 0 Å². The van der Waals surface area contributed by atoms with Gasteiger partial charge in [-0.25, -0.2) is 14.1 Å². The number of phenolic OH excluding ortho intramolecular Hbond substituents is 1. The third-order valence-corrected chi connectivity index (χ3v) is 3.24. The number of carbonyl (C=O) groups is 1. The highest BCUT2D eigenvalue weighted by atomic mass is 19.1. The Bertz CT molecular complexity index is 796. The third-order valence-electron chi connectivity index (χ3n) is 3.24. The SMILES string of the molecule is O=C(Nc1ccc(Cn2cncn2)cc1)c1c(O)cccc1F. The molecule has 0 bridgehead atoms. The van der Waals surface area contributed by atoms with Crippen LogP contribution in [0.4, 0.5) is 10.1 Å². The van der Waals surface area contributed by atoms with Crippen LogP contribution in [0.3, 0.4) is 0 Å². The molecule has 2 N–H and O–H groups in total. The molecule has 6 nitrogen and oxygen atoms in total. The van der Waals surface area contributed by atoms with Gasteiger partial charge in [0.1, 0.15) is 29.8 Å². The zero-order chi connectivity index (χ0) is 16.2. The summed E-state index contributed by atoms with van der Waals surface area (Å²) in [6.07, 6.45) is 3.06. The fourth-order valence-electron chi connectivity index (χ4n) is 2.13. The first kappa shape index (κ1) is 14.7. The van der Waals surface area contributed by atoms with Gasteiger partial charge >= 0.3 is 0 Å². The maximum Gasteiger partial charge on any atom is 0.262 e. The molecule has 23 heavy (non-hydrogen) atoms. The Morgan fingerprint density at radius 1 is 1.22 bits per heavy atom. The highest BCUT2D eigenvalue weighted by molar-refractivity contribution is 6.06. The monoisotopic (exact) mass is 312 g/mol. The molecule has 0 fully saturated rings. The van der Waals surface area contributed by atoms with Gasteiger partial charge in [-0.15, -0.1) is 0 Å². The second-order valence-electron chi connectivity index (χ2n) is 4.88. The number of carbonyl (C=O) groups excluding carboxylic acids is 1. The van der Waals surface area contributed by atoms with E-state index >= 15 is 0 Å². The highest BCUT2D eigenvalue weighted by Crippen LogP contribution is 2.21. The van der Waals surface area contributed by atoms with E-state index in [0.717, 1.165) is 11.6 Å². The normalized spacial score (nSPS) is 10.5. The van der Waals surface area contributed by atoms with Gasteiger partial charge in [0.25, 0.3) is 5.91 Å². The van der Waals surface area contributed by atoms with E-state index in [9.17, 15) is 14.3 Å². The topological polar surface area (TPSA) is 80.0 Å². The average molecular weight is 312 g/mol. The molecule has 1 heterocycles. The van der Waals surface area contributed by atoms with Crippen molar-refractivity contribution in [3.8, 4) is 5.75 Å². The molecule has 0 aliphatic heterocycles. The van der Waals surface area contributed by atoms with Crippen LogP contribution in [0.25, 0.3) is 0 Å². The van der Waals surface area contributed by atoms with Crippen LogP contribution < -0.4 is 5.32 Å². The van der Waals surface area contributed by atoms with Crippen molar-refractivity contribution < 1.29 is 14.3 Å². The van der Waals surface area contributed by atoms with Crippen LogP contribution in [0, 0.1) is 5.82 Å². The van der Waals surface area contributed by atoms with E-state index in [1.807, 2.05) is 12.1 Å². The van der Waals surface area contributed by atoms with Crippen molar-refractivity contribution >= 4 is 11.6 Å². The number of nitrogens with one attached hydrogen (secondary N) is 1. The minimum Gasteiger partial charge on any atom is -0.507 e. The number of phenols is 1. The van der Waals surface area contributed by atoms with Crippen molar-refractivity contribution in [2.24, 2.45) is 0 Å². The molecule has 2 aromatic carbocycles. The summed E-state index contributed by atoms with van der Waals surface area (Å²) in [7, 11) is 0. The second kappa shape index (κ2) is 6.27. The lowest BCUT2D eigenvalue weighted by Crippen LogP contribution is -2.14.